The van der Waals surface area contributed by atoms with E-state index in [2.05, 4.69) is 43.8 Å². The first-order valence-corrected chi connectivity index (χ1v) is 13.5. The molecule has 0 unspecified atom stereocenters. The molecule has 2 N–H and O–H groups in total. The molecular formula is C24H28N4O2S2. The lowest BCUT2D eigenvalue weighted by Crippen LogP contribution is -2.46. The largest absolute Gasteiger partial charge is 0.368 e. The highest BCUT2D eigenvalue weighted by Crippen LogP contribution is 2.29. The van der Waals surface area contributed by atoms with Crippen LogP contribution in [0.3, 0.4) is 0 Å². The van der Waals surface area contributed by atoms with Crippen LogP contribution >= 0.6 is 11.3 Å². The Hall–Kier alpha value is -2.39. The van der Waals surface area contributed by atoms with E-state index < -0.39 is 10.0 Å². The van der Waals surface area contributed by atoms with E-state index in [9.17, 15) is 8.42 Å². The number of hydrogen-bond acceptors (Lipinski definition) is 5. The van der Waals surface area contributed by atoms with Gasteiger partial charge < -0.3 is 9.88 Å². The van der Waals surface area contributed by atoms with Gasteiger partial charge >= 0.3 is 0 Å². The Balaban J connectivity index is 1.07. The smallest absolute Gasteiger partial charge is 0.242 e. The summed E-state index contributed by atoms with van der Waals surface area (Å²) in [5.41, 5.74) is 2.49. The van der Waals surface area contributed by atoms with E-state index in [1.165, 1.54) is 27.9 Å². The van der Waals surface area contributed by atoms with E-state index in [-0.39, 0.29) is 0 Å². The number of sulfonamides is 1. The fourth-order valence-corrected chi connectivity index (χ4v) is 7.04. The van der Waals surface area contributed by atoms with Gasteiger partial charge in [0.2, 0.25) is 10.0 Å². The zero-order valence-corrected chi connectivity index (χ0v) is 19.6. The third kappa shape index (κ3) is 4.41. The summed E-state index contributed by atoms with van der Waals surface area (Å²) in [4.78, 5) is 8.63. The number of thiophene rings is 1. The van der Waals surface area contributed by atoms with Crippen LogP contribution < -0.4 is 9.62 Å². The summed E-state index contributed by atoms with van der Waals surface area (Å²) in [7, 11) is -3.46. The van der Waals surface area contributed by atoms with Gasteiger partial charge in [-0.3, -0.25) is 4.90 Å². The van der Waals surface area contributed by atoms with E-state index in [1.807, 2.05) is 30.5 Å². The molecule has 0 aliphatic carbocycles. The number of nitrogens with one attached hydrogen (secondary N) is 2. The summed E-state index contributed by atoms with van der Waals surface area (Å²) >= 11 is 1.47. The van der Waals surface area contributed by atoms with Crippen LogP contribution in [0.15, 0.2) is 65.0 Å². The van der Waals surface area contributed by atoms with Crippen molar-refractivity contribution in [2.75, 3.05) is 44.2 Å². The average Bonchev–Trinajstić information content (AvgIpc) is 3.46. The van der Waals surface area contributed by atoms with Gasteiger partial charge in [0.05, 0.1) is 0 Å². The summed E-state index contributed by atoms with van der Waals surface area (Å²) in [6.45, 7) is 5.58. The Bertz CT molecular complexity index is 1300. The number of anilines is 1. The van der Waals surface area contributed by atoms with Crippen molar-refractivity contribution in [1.29, 1.82) is 0 Å². The van der Waals surface area contributed by atoms with Crippen molar-refractivity contribution in [3.63, 3.8) is 0 Å². The maximum absolute atomic E-state index is 12.7. The van der Waals surface area contributed by atoms with Crippen molar-refractivity contribution in [3.05, 3.63) is 60.1 Å². The van der Waals surface area contributed by atoms with Crippen LogP contribution in [-0.2, 0) is 10.0 Å². The lowest BCUT2D eigenvalue weighted by atomic mass is 10.1. The highest BCUT2D eigenvalue weighted by molar-refractivity contribution is 7.90. The summed E-state index contributed by atoms with van der Waals surface area (Å²) in [5, 5.41) is 3.82. The van der Waals surface area contributed by atoms with E-state index in [0.29, 0.717) is 11.4 Å². The molecule has 8 heteroatoms. The molecule has 0 bridgehead atoms. The summed E-state index contributed by atoms with van der Waals surface area (Å²) in [5.74, 6) is 0. The van der Waals surface area contributed by atoms with Gasteiger partial charge in [0, 0.05) is 71.0 Å². The fraction of sp³-hybridized carbons (Fsp3) is 0.333. The second kappa shape index (κ2) is 9.23. The van der Waals surface area contributed by atoms with Gasteiger partial charge in [0.1, 0.15) is 4.90 Å². The minimum Gasteiger partial charge on any atom is -0.368 e. The van der Waals surface area contributed by atoms with Crippen LogP contribution in [-0.4, -0.2) is 57.6 Å². The summed E-state index contributed by atoms with van der Waals surface area (Å²) in [6, 6.07) is 16.2. The first-order chi connectivity index (χ1) is 15.6. The first-order valence-electron chi connectivity index (χ1n) is 11.1. The maximum atomic E-state index is 12.7. The van der Waals surface area contributed by atoms with Crippen molar-refractivity contribution in [3.8, 4) is 0 Å². The van der Waals surface area contributed by atoms with E-state index in [0.717, 1.165) is 55.7 Å². The molecule has 168 valence electrons. The highest BCUT2D eigenvalue weighted by atomic mass is 32.2. The molecule has 1 aliphatic heterocycles. The molecule has 0 amide bonds. The van der Waals surface area contributed by atoms with Crippen molar-refractivity contribution < 1.29 is 8.42 Å². The van der Waals surface area contributed by atoms with Gasteiger partial charge in [-0.15, -0.1) is 11.3 Å². The van der Waals surface area contributed by atoms with Crippen LogP contribution in [0.5, 0.6) is 0 Å². The number of rotatable bonds is 8. The molecule has 1 fully saturated rings. The molecule has 0 saturated carbocycles. The van der Waals surface area contributed by atoms with E-state index in [4.69, 9.17) is 0 Å². The van der Waals surface area contributed by atoms with Crippen LogP contribution in [0, 0.1) is 0 Å². The Morgan fingerprint density at radius 1 is 0.938 bits per heavy atom. The number of aromatic amines is 1. The van der Waals surface area contributed by atoms with Gasteiger partial charge in [-0.2, -0.15) is 0 Å². The van der Waals surface area contributed by atoms with Crippen molar-refractivity contribution in [1.82, 2.24) is 14.6 Å². The van der Waals surface area contributed by atoms with E-state index in [1.54, 1.807) is 5.38 Å². The SMILES string of the molecule is O=S(=O)(NCCCCN1CCN(c2cccc3[nH]ccc23)CC1)c1csc2ccccc12. The number of unbranched alkanes of at least 4 members (excludes halogenated alkanes) is 1. The van der Waals surface area contributed by atoms with Crippen LogP contribution in [0.4, 0.5) is 5.69 Å². The van der Waals surface area contributed by atoms with Gasteiger partial charge in [-0.25, -0.2) is 13.1 Å². The minimum atomic E-state index is -3.46. The minimum absolute atomic E-state index is 0.395. The third-order valence-electron chi connectivity index (χ3n) is 6.21. The van der Waals surface area contributed by atoms with Crippen LogP contribution in [0.1, 0.15) is 12.8 Å². The standard InChI is InChI=1S/C24H28N4O2S2/c29-32(30,24-18-31-23-9-2-1-6-20(23)24)26-11-3-4-13-27-14-16-28(17-15-27)22-8-5-7-21-19(22)10-12-25-21/h1-2,5-10,12,18,25-26H,3-4,11,13-17H2. The Kier molecular flexibility index (Phi) is 6.19. The Morgan fingerprint density at radius 3 is 2.66 bits per heavy atom. The number of hydrogen-bond donors (Lipinski definition) is 2. The normalized spacial score (nSPS) is 15.7. The number of H-pyrrole nitrogens is 1. The van der Waals surface area contributed by atoms with Crippen molar-refractivity contribution >= 4 is 48.0 Å². The topological polar surface area (TPSA) is 68.4 Å². The molecule has 1 saturated heterocycles. The van der Waals surface area contributed by atoms with Gasteiger partial charge in [0.25, 0.3) is 0 Å². The highest BCUT2D eigenvalue weighted by Gasteiger charge is 2.20. The predicted octanol–water partition coefficient (Wildman–Crippen LogP) is 4.26. The number of aromatic nitrogens is 1. The second-order valence-corrected chi connectivity index (χ2v) is 10.9. The van der Waals surface area contributed by atoms with Gasteiger partial charge in [-0.1, -0.05) is 24.3 Å². The lowest BCUT2D eigenvalue weighted by Gasteiger charge is -2.36. The van der Waals surface area contributed by atoms with Crippen molar-refractivity contribution in [2.24, 2.45) is 0 Å². The molecule has 2 aromatic carbocycles. The zero-order chi connectivity index (χ0) is 22.0. The predicted molar refractivity (Wildman–Crippen MR) is 133 cm³/mol. The number of fused-ring (bicyclic) bond motifs is 2. The molecule has 0 spiro atoms. The molecular weight excluding hydrogens is 440 g/mol. The quantitative estimate of drug-likeness (QED) is 0.379. The molecule has 5 rings (SSSR count). The van der Waals surface area contributed by atoms with E-state index >= 15 is 0 Å². The Labute approximate surface area is 192 Å². The molecule has 1 aliphatic rings. The molecule has 3 heterocycles. The van der Waals surface area contributed by atoms with Gasteiger partial charge in [0.15, 0.2) is 0 Å². The lowest BCUT2D eigenvalue weighted by molar-refractivity contribution is 0.253. The first kappa shape index (κ1) is 21.5. The molecule has 2 aromatic heterocycles. The summed E-state index contributed by atoms with van der Waals surface area (Å²) in [6.07, 6.45) is 3.82. The van der Waals surface area contributed by atoms with Gasteiger partial charge in [-0.05, 0) is 43.7 Å². The molecule has 4 aromatic rings. The van der Waals surface area contributed by atoms with Crippen LogP contribution in [0.25, 0.3) is 21.0 Å². The third-order valence-corrected chi connectivity index (χ3v) is 8.83. The molecule has 0 atom stereocenters. The average molecular weight is 469 g/mol. The fourth-order valence-electron chi connectivity index (χ4n) is 4.46. The molecule has 32 heavy (non-hydrogen) atoms. The number of piperazine rings is 1. The number of benzene rings is 2. The molecule has 0 radical (unpaired) electrons. The monoisotopic (exact) mass is 468 g/mol. The van der Waals surface area contributed by atoms with Crippen LogP contribution in [0.2, 0.25) is 0 Å². The van der Waals surface area contributed by atoms with Crippen molar-refractivity contribution in [2.45, 2.75) is 17.7 Å². The Morgan fingerprint density at radius 2 is 1.78 bits per heavy atom. The summed E-state index contributed by atoms with van der Waals surface area (Å²) < 4.78 is 29.2. The molecule has 6 nitrogen and oxygen atoms in total. The zero-order valence-electron chi connectivity index (χ0n) is 18.0. The maximum Gasteiger partial charge on any atom is 0.242 e. The second-order valence-electron chi connectivity index (χ2n) is 8.25. The number of nitrogens with zero attached hydrogens (tertiary/aromatic N) is 2.